The van der Waals surface area contributed by atoms with Crippen molar-refractivity contribution in [3.8, 4) is 0 Å². The SMILES string of the molecule is CC=CC(C)(COC(F)F)C(C)=O. The van der Waals surface area contributed by atoms with E-state index in [2.05, 4.69) is 4.74 Å². The van der Waals surface area contributed by atoms with Gasteiger partial charge >= 0.3 is 6.61 Å². The second-order valence-corrected chi connectivity index (χ2v) is 3.05. The molecule has 0 saturated heterocycles. The Labute approximate surface area is 76.6 Å². The van der Waals surface area contributed by atoms with Crippen LogP contribution < -0.4 is 0 Å². The van der Waals surface area contributed by atoms with Crippen molar-refractivity contribution in [3.05, 3.63) is 12.2 Å². The van der Waals surface area contributed by atoms with Gasteiger partial charge in [-0.25, -0.2) is 0 Å². The number of hydrogen-bond donors (Lipinski definition) is 0. The first-order valence-electron chi connectivity index (χ1n) is 3.97. The topological polar surface area (TPSA) is 26.3 Å². The van der Waals surface area contributed by atoms with Crippen LogP contribution in [0.15, 0.2) is 12.2 Å². The van der Waals surface area contributed by atoms with Crippen LogP contribution in [-0.4, -0.2) is 19.0 Å². The third kappa shape index (κ3) is 4.12. The van der Waals surface area contributed by atoms with E-state index >= 15 is 0 Å². The van der Waals surface area contributed by atoms with E-state index in [1.807, 2.05) is 0 Å². The van der Waals surface area contributed by atoms with Crippen molar-refractivity contribution in [2.24, 2.45) is 5.41 Å². The predicted octanol–water partition coefficient (Wildman–Crippen LogP) is 2.40. The molecule has 0 aromatic carbocycles. The van der Waals surface area contributed by atoms with Gasteiger partial charge in [-0.05, 0) is 20.8 Å². The van der Waals surface area contributed by atoms with Gasteiger partial charge in [-0.1, -0.05) is 12.2 Å². The van der Waals surface area contributed by atoms with Gasteiger partial charge in [-0.2, -0.15) is 8.78 Å². The molecule has 0 aromatic rings. The van der Waals surface area contributed by atoms with Crippen LogP contribution in [0.3, 0.4) is 0 Å². The summed E-state index contributed by atoms with van der Waals surface area (Å²) in [5.74, 6) is -0.189. The fourth-order valence-electron chi connectivity index (χ4n) is 0.871. The Kier molecular flexibility index (Phi) is 4.77. The smallest absolute Gasteiger partial charge is 0.322 e. The average molecular weight is 192 g/mol. The maximum Gasteiger partial charge on any atom is 0.345 e. The van der Waals surface area contributed by atoms with Gasteiger partial charge in [0.15, 0.2) is 0 Å². The van der Waals surface area contributed by atoms with Gasteiger partial charge in [0, 0.05) is 0 Å². The molecule has 0 aliphatic heterocycles. The van der Waals surface area contributed by atoms with Crippen LogP contribution >= 0.6 is 0 Å². The zero-order valence-electron chi connectivity index (χ0n) is 8.01. The lowest BCUT2D eigenvalue weighted by molar-refractivity contribution is -0.153. The molecule has 0 saturated carbocycles. The number of carbonyl (C=O) groups is 1. The quantitative estimate of drug-likeness (QED) is 0.625. The Bertz CT molecular complexity index is 202. The number of alkyl halides is 2. The molecule has 0 rings (SSSR count). The minimum atomic E-state index is -2.83. The maximum absolute atomic E-state index is 11.7. The molecule has 0 N–H and O–H groups in total. The maximum atomic E-state index is 11.7. The molecule has 76 valence electrons. The van der Waals surface area contributed by atoms with Crippen molar-refractivity contribution in [2.45, 2.75) is 27.4 Å². The van der Waals surface area contributed by atoms with Crippen LogP contribution in [-0.2, 0) is 9.53 Å². The van der Waals surface area contributed by atoms with Crippen molar-refractivity contribution >= 4 is 5.78 Å². The minimum absolute atomic E-state index is 0.189. The highest BCUT2D eigenvalue weighted by Crippen LogP contribution is 2.21. The first-order valence-corrected chi connectivity index (χ1v) is 3.97. The lowest BCUT2D eigenvalue weighted by Crippen LogP contribution is -2.29. The molecule has 1 atom stereocenters. The summed E-state index contributed by atoms with van der Waals surface area (Å²) >= 11 is 0. The molecule has 0 heterocycles. The molecule has 2 nitrogen and oxygen atoms in total. The van der Waals surface area contributed by atoms with E-state index in [1.54, 1.807) is 26.0 Å². The molecule has 0 bridgehead atoms. The van der Waals surface area contributed by atoms with Gasteiger partial charge in [-0.3, -0.25) is 4.79 Å². The van der Waals surface area contributed by atoms with Gasteiger partial charge in [0.25, 0.3) is 0 Å². The Morgan fingerprint density at radius 1 is 1.62 bits per heavy atom. The number of carbonyl (C=O) groups excluding carboxylic acids is 1. The standard InChI is InChI=1S/C9H14F2O2/c1-4-5-9(3,7(2)12)6-13-8(10)11/h4-5,8H,6H2,1-3H3. The van der Waals surface area contributed by atoms with E-state index < -0.39 is 12.0 Å². The Morgan fingerprint density at radius 2 is 2.15 bits per heavy atom. The molecule has 0 aliphatic carbocycles. The summed E-state index contributed by atoms with van der Waals surface area (Å²) in [6.07, 6.45) is 3.22. The number of halogens is 2. The Hall–Kier alpha value is -0.770. The first-order chi connectivity index (χ1) is 5.92. The van der Waals surface area contributed by atoms with Gasteiger partial charge in [-0.15, -0.1) is 0 Å². The molecule has 13 heavy (non-hydrogen) atoms. The minimum Gasteiger partial charge on any atom is -0.322 e. The monoisotopic (exact) mass is 192 g/mol. The first kappa shape index (κ1) is 12.2. The highest BCUT2D eigenvalue weighted by atomic mass is 19.3. The van der Waals surface area contributed by atoms with Crippen molar-refractivity contribution in [1.29, 1.82) is 0 Å². The molecular formula is C9H14F2O2. The van der Waals surface area contributed by atoms with Gasteiger partial charge in [0.2, 0.25) is 0 Å². The number of Topliss-reactive ketones (excluding diaryl/α,β-unsaturated/α-hetero) is 1. The predicted molar refractivity (Wildman–Crippen MR) is 45.6 cm³/mol. The van der Waals surface area contributed by atoms with Crippen molar-refractivity contribution < 1.29 is 18.3 Å². The molecular weight excluding hydrogens is 178 g/mol. The molecule has 0 radical (unpaired) electrons. The van der Waals surface area contributed by atoms with Gasteiger partial charge < -0.3 is 4.74 Å². The summed E-state index contributed by atoms with van der Waals surface area (Å²) in [5, 5.41) is 0. The Balaban J connectivity index is 4.33. The summed E-state index contributed by atoms with van der Waals surface area (Å²) < 4.78 is 27.5. The molecule has 4 heteroatoms. The number of ketones is 1. The van der Waals surface area contributed by atoms with Crippen LogP contribution in [0.4, 0.5) is 8.78 Å². The third-order valence-corrected chi connectivity index (χ3v) is 1.85. The molecule has 1 unspecified atom stereocenters. The van der Waals surface area contributed by atoms with Gasteiger partial charge in [0.05, 0.1) is 12.0 Å². The second kappa shape index (κ2) is 5.07. The van der Waals surface area contributed by atoms with E-state index in [0.29, 0.717) is 0 Å². The number of hydrogen-bond acceptors (Lipinski definition) is 2. The van der Waals surface area contributed by atoms with Crippen LogP contribution in [0.2, 0.25) is 0 Å². The zero-order valence-corrected chi connectivity index (χ0v) is 8.01. The summed E-state index contributed by atoms with van der Waals surface area (Å²) in [6.45, 7) is 1.53. The summed E-state index contributed by atoms with van der Waals surface area (Å²) in [6, 6.07) is 0. The van der Waals surface area contributed by atoms with Crippen molar-refractivity contribution in [2.75, 3.05) is 6.61 Å². The Morgan fingerprint density at radius 3 is 2.46 bits per heavy atom. The largest absolute Gasteiger partial charge is 0.345 e. The lowest BCUT2D eigenvalue weighted by atomic mass is 9.87. The van der Waals surface area contributed by atoms with E-state index in [1.165, 1.54) is 6.92 Å². The number of allylic oxidation sites excluding steroid dienone is 1. The van der Waals surface area contributed by atoms with E-state index in [0.717, 1.165) is 0 Å². The summed E-state index contributed by atoms with van der Waals surface area (Å²) in [5.41, 5.74) is -0.939. The normalized spacial score (nSPS) is 16.5. The highest BCUT2D eigenvalue weighted by molar-refractivity contribution is 5.84. The van der Waals surface area contributed by atoms with E-state index in [-0.39, 0.29) is 12.4 Å². The second-order valence-electron chi connectivity index (χ2n) is 3.05. The van der Waals surface area contributed by atoms with Crippen LogP contribution in [0.1, 0.15) is 20.8 Å². The fraction of sp³-hybridized carbons (Fsp3) is 0.667. The van der Waals surface area contributed by atoms with Crippen molar-refractivity contribution in [3.63, 3.8) is 0 Å². The number of rotatable bonds is 5. The molecule has 0 aliphatic rings. The van der Waals surface area contributed by atoms with E-state index in [4.69, 9.17) is 0 Å². The van der Waals surface area contributed by atoms with Gasteiger partial charge in [0.1, 0.15) is 5.78 Å². The molecule has 0 aromatic heterocycles. The fourth-order valence-corrected chi connectivity index (χ4v) is 0.871. The van der Waals surface area contributed by atoms with E-state index in [9.17, 15) is 13.6 Å². The van der Waals surface area contributed by atoms with Crippen LogP contribution in [0.25, 0.3) is 0 Å². The van der Waals surface area contributed by atoms with Crippen LogP contribution in [0, 0.1) is 5.41 Å². The molecule has 0 fully saturated rings. The lowest BCUT2D eigenvalue weighted by Gasteiger charge is -2.21. The zero-order chi connectivity index (χ0) is 10.5. The summed E-state index contributed by atoms with van der Waals surface area (Å²) in [4.78, 5) is 11.1. The molecule has 0 amide bonds. The molecule has 0 spiro atoms. The average Bonchev–Trinajstić information content (AvgIpc) is 2.01. The third-order valence-electron chi connectivity index (χ3n) is 1.85. The highest BCUT2D eigenvalue weighted by Gasteiger charge is 2.28. The number of ether oxygens (including phenoxy) is 1. The van der Waals surface area contributed by atoms with Crippen molar-refractivity contribution in [1.82, 2.24) is 0 Å². The van der Waals surface area contributed by atoms with Crippen LogP contribution in [0.5, 0.6) is 0 Å². The summed E-state index contributed by atoms with van der Waals surface area (Å²) in [7, 11) is 0.